The molecule has 0 radical (unpaired) electrons. The maximum Gasteiger partial charge on any atom is 0.223 e. The predicted octanol–water partition coefficient (Wildman–Crippen LogP) is 1.65. The zero-order valence-corrected chi connectivity index (χ0v) is 12.2. The fraction of sp³-hybridized carbons (Fsp3) is 0.615. The van der Waals surface area contributed by atoms with Gasteiger partial charge in [-0.25, -0.2) is 9.97 Å². The van der Waals surface area contributed by atoms with Gasteiger partial charge >= 0.3 is 0 Å². The van der Waals surface area contributed by atoms with E-state index in [4.69, 9.17) is 22.7 Å². The molecule has 104 valence electrons. The van der Waals surface area contributed by atoms with Crippen LogP contribution in [-0.2, 0) is 4.74 Å². The van der Waals surface area contributed by atoms with Crippen molar-refractivity contribution in [3.05, 3.63) is 17.5 Å². The summed E-state index contributed by atoms with van der Waals surface area (Å²) in [6.07, 6.45) is 2.14. The lowest BCUT2D eigenvalue weighted by atomic mass is 9.93. The first kappa shape index (κ1) is 14.1. The van der Waals surface area contributed by atoms with Crippen LogP contribution < -0.4 is 11.1 Å². The zero-order chi connectivity index (χ0) is 13.8. The Balaban J connectivity index is 2.07. The van der Waals surface area contributed by atoms with Gasteiger partial charge in [-0.1, -0.05) is 12.2 Å². The van der Waals surface area contributed by atoms with E-state index in [-0.39, 0.29) is 0 Å². The highest BCUT2D eigenvalue weighted by Gasteiger charge is 2.21. The summed E-state index contributed by atoms with van der Waals surface area (Å²) in [6, 6.07) is 2.11. The average molecular weight is 280 g/mol. The SMILES string of the molecule is Cc1cc(C(N)=S)nc(NC(C)C2CCOCC2)n1. The van der Waals surface area contributed by atoms with E-state index in [0.717, 1.165) is 31.7 Å². The highest BCUT2D eigenvalue weighted by atomic mass is 32.1. The summed E-state index contributed by atoms with van der Waals surface area (Å²) in [4.78, 5) is 9.03. The van der Waals surface area contributed by atoms with E-state index in [1.54, 1.807) is 6.07 Å². The predicted molar refractivity (Wildman–Crippen MR) is 79.3 cm³/mol. The topological polar surface area (TPSA) is 73.1 Å². The maximum atomic E-state index is 5.62. The average Bonchev–Trinajstić information content (AvgIpc) is 2.39. The van der Waals surface area contributed by atoms with Crippen LogP contribution in [0.1, 0.15) is 31.2 Å². The van der Waals surface area contributed by atoms with Gasteiger partial charge in [0.25, 0.3) is 0 Å². The van der Waals surface area contributed by atoms with Crippen LogP contribution in [0.5, 0.6) is 0 Å². The summed E-state index contributed by atoms with van der Waals surface area (Å²) in [6.45, 7) is 5.74. The number of rotatable bonds is 4. The van der Waals surface area contributed by atoms with Crippen LogP contribution in [0, 0.1) is 12.8 Å². The van der Waals surface area contributed by atoms with E-state index in [9.17, 15) is 0 Å². The van der Waals surface area contributed by atoms with Crippen molar-refractivity contribution >= 4 is 23.2 Å². The number of thiocarbonyl (C=S) groups is 1. The largest absolute Gasteiger partial charge is 0.388 e. The first-order chi connectivity index (χ1) is 9.06. The minimum atomic E-state index is 0.298. The lowest BCUT2D eigenvalue weighted by molar-refractivity contribution is 0.0621. The standard InChI is InChI=1S/C13H20N4OS/c1-8-7-11(12(14)19)17-13(15-8)16-9(2)10-3-5-18-6-4-10/h7,9-10H,3-6H2,1-2H3,(H2,14,19)(H,15,16,17). The monoisotopic (exact) mass is 280 g/mol. The number of nitrogens with two attached hydrogens (primary N) is 1. The summed E-state index contributed by atoms with van der Waals surface area (Å²) in [5, 5.41) is 3.35. The molecule has 1 atom stereocenters. The Kier molecular flexibility index (Phi) is 4.66. The van der Waals surface area contributed by atoms with E-state index >= 15 is 0 Å². The molecule has 2 rings (SSSR count). The summed E-state index contributed by atoms with van der Waals surface area (Å²) in [7, 11) is 0. The Morgan fingerprint density at radius 1 is 1.47 bits per heavy atom. The van der Waals surface area contributed by atoms with Crippen LogP contribution >= 0.6 is 12.2 Å². The molecule has 0 aliphatic carbocycles. The van der Waals surface area contributed by atoms with Crippen LogP contribution in [0.4, 0.5) is 5.95 Å². The van der Waals surface area contributed by atoms with Crippen molar-refractivity contribution in [2.24, 2.45) is 11.7 Å². The van der Waals surface area contributed by atoms with Gasteiger partial charge in [-0.15, -0.1) is 0 Å². The number of aromatic nitrogens is 2. The maximum absolute atomic E-state index is 5.62. The van der Waals surface area contributed by atoms with E-state index in [1.807, 2.05) is 6.92 Å². The number of ether oxygens (including phenoxy) is 1. The molecule has 0 amide bonds. The molecule has 6 heteroatoms. The molecule has 1 unspecified atom stereocenters. The molecule has 1 aromatic rings. The molecular weight excluding hydrogens is 260 g/mol. The third-order valence-electron chi connectivity index (χ3n) is 3.44. The third-order valence-corrected chi connectivity index (χ3v) is 3.65. The normalized spacial score (nSPS) is 18.0. The molecule has 1 fully saturated rings. The molecule has 1 aliphatic heterocycles. The van der Waals surface area contributed by atoms with Gasteiger partial charge in [0.05, 0.1) is 0 Å². The van der Waals surface area contributed by atoms with Crippen molar-refractivity contribution in [3.63, 3.8) is 0 Å². The Labute approximate surface area is 119 Å². The molecule has 3 N–H and O–H groups in total. The lowest BCUT2D eigenvalue weighted by Crippen LogP contribution is -2.32. The fourth-order valence-electron chi connectivity index (χ4n) is 2.30. The highest BCUT2D eigenvalue weighted by Crippen LogP contribution is 2.20. The molecule has 0 saturated carbocycles. The van der Waals surface area contributed by atoms with Gasteiger partial charge in [0, 0.05) is 24.9 Å². The van der Waals surface area contributed by atoms with Gasteiger partial charge in [0.15, 0.2) is 0 Å². The van der Waals surface area contributed by atoms with Crippen molar-refractivity contribution < 1.29 is 4.74 Å². The second-order valence-corrected chi connectivity index (χ2v) is 5.41. The van der Waals surface area contributed by atoms with Crippen molar-refractivity contribution in [2.45, 2.75) is 32.7 Å². The second kappa shape index (κ2) is 6.25. The second-order valence-electron chi connectivity index (χ2n) is 4.97. The van der Waals surface area contributed by atoms with Crippen LogP contribution in [0.2, 0.25) is 0 Å². The smallest absolute Gasteiger partial charge is 0.223 e. The van der Waals surface area contributed by atoms with E-state index in [0.29, 0.717) is 28.6 Å². The summed E-state index contributed by atoms with van der Waals surface area (Å²) >= 11 is 4.96. The number of anilines is 1. The molecule has 1 aliphatic rings. The van der Waals surface area contributed by atoms with Crippen LogP contribution in [-0.4, -0.2) is 34.2 Å². The molecule has 5 nitrogen and oxygen atoms in total. The quantitative estimate of drug-likeness (QED) is 0.817. The van der Waals surface area contributed by atoms with Crippen molar-refractivity contribution in [1.82, 2.24) is 9.97 Å². The van der Waals surface area contributed by atoms with Crippen LogP contribution in [0.3, 0.4) is 0 Å². The third kappa shape index (κ3) is 3.84. The first-order valence-corrected chi connectivity index (χ1v) is 6.97. The minimum absolute atomic E-state index is 0.298. The molecule has 1 aromatic heterocycles. The molecule has 2 heterocycles. The summed E-state index contributed by atoms with van der Waals surface area (Å²) < 4.78 is 5.38. The molecule has 0 bridgehead atoms. The molecule has 19 heavy (non-hydrogen) atoms. The first-order valence-electron chi connectivity index (χ1n) is 6.56. The van der Waals surface area contributed by atoms with Gasteiger partial charge in [-0.3, -0.25) is 0 Å². The van der Waals surface area contributed by atoms with Gasteiger partial charge in [-0.05, 0) is 38.7 Å². The summed E-state index contributed by atoms with van der Waals surface area (Å²) in [5.41, 5.74) is 7.10. The van der Waals surface area contributed by atoms with Crippen molar-refractivity contribution in [2.75, 3.05) is 18.5 Å². The van der Waals surface area contributed by atoms with Gasteiger partial charge in [0.1, 0.15) is 10.7 Å². The van der Waals surface area contributed by atoms with Gasteiger partial charge in [-0.2, -0.15) is 0 Å². The Morgan fingerprint density at radius 2 is 2.16 bits per heavy atom. The van der Waals surface area contributed by atoms with E-state index < -0.39 is 0 Å². The number of nitrogens with zero attached hydrogens (tertiary/aromatic N) is 2. The number of nitrogens with one attached hydrogen (secondary N) is 1. The van der Waals surface area contributed by atoms with Crippen molar-refractivity contribution in [3.8, 4) is 0 Å². The molecule has 0 spiro atoms. The van der Waals surface area contributed by atoms with Crippen LogP contribution in [0.25, 0.3) is 0 Å². The Morgan fingerprint density at radius 3 is 2.79 bits per heavy atom. The number of aryl methyl sites for hydroxylation is 1. The highest BCUT2D eigenvalue weighted by molar-refractivity contribution is 7.80. The lowest BCUT2D eigenvalue weighted by Gasteiger charge is -2.28. The van der Waals surface area contributed by atoms with Gasteiger partial charge < -0.3 is 15.8 Å². The Hall–Kier alpha value is -1.27. The van der Waals surface area contributed by atoms with E-state index in [1.165, 1.54) is 0 Å². The Bertz CT molecular complexity index is 460. The van der Waals surface area contributed by atoms with Crippen LogP contribution in [0.15, 0.2) is 6.07 Å². The number of hydrogen-bond acceptors (Lipinski definition) is 5. The number of hydrogen-bond donors (Lipinski definition) is 2. The molecular formula is C13H20N4OS. The molecule has 0 aromatic carbocycles. The fourth-order valence-corrected chi connectivity index (χ4v) is 2.40. The zero-order valence-electron chi connectivity index (χ0n) is 11.3. The van der Waals surface area contributed by atoms with Gasteiger partial charge in [0.2, 0.25) is 5.95 Å². The van der Waals surface area contributed by atoms with Crippen molar-refractivity contribution in [1.29, 1.82) is 0 Å². The minimum Gasteiger partial charge on any atom is -0.388 e. The summed E-state index contributed by atoms with van der Waals surface area (Å²) in [5.74, 6) is 1.19. The molecule has 1 saturated heterocycles. The van der Waals surface area contributed by atoms with E-state index in [2.05, 4.69) is 22.2 Å².